The van der Waals surface area contributed by atoms with Crippen molar-refractivity contribution in [2.75, 3.05) is 0 Å². The van der Waals surface area contributed by atoms with Gasteiger partial charge in [0.1, 0.15) is 5.82 Å². The van der Waals surface area contributed by atoms with Gasteiger partial charge < -0.3 is 4.57 Å². The van der Waals surface area contributed by atoms with Gasteiger partial charge in [-0.1, -0.05) is 19.1 Å². The van der Waals surface area contributed by atoms with Crippen LogP contribution in [-0.4, -0.2) is 9.13 Å². The number of para-hydroxylation sites is 1. The van der Waals surface area contributed by atoms with Crippen LogP contribution in [0.3, 0.4) is 0 Å². The molecule has 0 aliphatic carbocycles. The highest BCUT2D eigenvalue weighted by Gasteiger charge is 2.09. The minimum absolute atomic E-state index is 0.0863. The molecule has 0 fully saturated rings. The predicted octanol–water partition coefficient (Wildman–Crippen LogP) is 1.55. The first-order chi connectivity index (χ1) is 8.65. The zero-order valence-corrected chi connectivity index (χ0v) is 9.97. The molecular weight excluding hydrogens is 235 g/mol. The Labute approximate surface area is 103 Å². The topological polar surface area (TPSA) is 44.0 Å². The minimum Gasteiger partial charge on any atom is -0.309 e. The molecule has 0 bridgehead atoms. The summed E-state index contributed by atoms with van der Waals surface area (Å²) in [5.74, 6) is -0.535. The van der Waals surface area contributed by atoms with Crippen molar-refractivity contribution in [3.63, 3.8) is 0 Å². The number of benzene rings is 1. The van der Waals surface area contributed by atoms with Crippen LogP contribution in [0, 0.1) is 5.82 Å². The van der Waals surface area contributed by atoms with E-state index in [0.29, 0.717) is 6.54 Å². The number of aryl methyl sites for hydroxylation is 1. The molecule has 0 aliphatic heterocycles. The second-order valence-electron chi connectivity index (χ2n) is 3.92. The van der Waals surface area contributed by atoms with E-state index in [-0.39, 0.29) is 5.69 Å². The third kappa shape index (κ3) is 2.11. The summed E-state index contributed by atoms with van der Waals surface area (Å²) < 4.78 is 15.9. The smallest absolute Gasteiger partial charge is 0.309 e. The van der Waals surface area contributed by atoms with Crippen molar-refractivity contribution in [1.29, 1.82) is 0 Å². The molecule has 0 saturated carbocycles. The Balaban J connectivity index is 2.62. The van der Waals surface area contributed by atoms with E-state index in [1.807, 2.05) is 6.92 Å². The van der Waals surface area contributed by atoms with Gasteiger partial charge in [-0.15, -0.1) is 0 Å². The highest BCUT2D eigenvalue weighted by Crippen LogP contribution is 2.09. The van der Waals surface area contributed by atoms with Crippen molar-refractivity contribution < 1.29 is 4.39 Å². The standard InChI is InChI=1S/C13H13FN2O2/c1-2-7-15-8-9-16(13(18)12(15)17)11-6-4-3-5-10(11)14/h3-6,8-9H,2,7H2,1H3. The van der Waals surface area contributed by atoms with Crippen LogP contribution in [0.25, 0.3) is 5.69 Å². The first-order valence-corrected chi connectivity index (χ1v) is 5.72. The fourth-order valence-corrected chi connectivity index (χ4v) is 1.76. The quantitative estimate of drug-likeness (QED) is 0.773. The van der Waals surface area contributed by atoms with Crippen molar-refractivity contribution >= 4 is 0 Å². The van der Waals surface area contributed by atoms with Gasteiger partial charge in [-0.25, -0.2) is 4.39 Å². The van der Waals surface area contributed by atoms with Crippen molar-refractivity contribution in [3.05, 3.63) is 63.2 Å². The molecule has 1 aromatic carbocycles. The summed E-state index contributed by atoms with van der Waals surface area (Å²) in [5, 5.41) is 0. The zero-order valence-electron chi connectivity index (χ0n) is 9.97. The first-order valence-electron chi connectivity index (χ1n) is 5.72. The summed E-state index contributed by atoms with van der Waals surface area (Å²) >= 11 is 0. The lowest BCUT2D eigenvalue weighted by Gasteiger charge is -2.08. The maximum Gasteiger partial charge on any atom is 0.321 e. The van der Waals surface area contributed by atoms with Gasteiger partial charge >= 0.3 is 11.1 Å². The second-order valence-corrected chi connectivity index (χ2v) is 3.92. The molecule has 4 nitrogen and oxygen atoms in total. The molecule has 0 amide bonds. The lowest BCUT2D eigenvalue weighted by molar-refractivity contribution is 0.604. The molecule has 0 saturated heterocycles. The number of halogens is 1. The van der Waals surface area contributed by atoms with Crippen LogP contribution in [0.2, 0.25) is 0 Å². The van der Waals surface area contributed by atoms with Gasteiger partial charge in [-0.05, 0) is 18.6 Å². The average Bonchev–Trinajstić information content (AvgIpc) is 2.37. The van der Waals surface area contributed by atoms with Crippen molar-refractivity contribution in [3.8, 4) is 5.69 Å². The molecule has 18 heavy (non-hydrogen) atoms. The molecule has 0 atom stereocenters. The Bertz CT molecular complexity index is 673. The third-order valence-electron chi connectivity index (χ3n) is 2.63. The summed E-state index contributed by atoms with van der Waals surface area (Å²) in [5.41, 5.74) is -1.29. The molecule has 94 valence electrons. The molecule has 2 aromatic rings. The Kier molecular flexibility index (Phi) is 3.41. The molecule has 1 heterocycles. The number of rotatable bonds is 3. The van der Waals surface area contributed by atoms with Crippen molar-refractivity contribution in [2.45, 2.75) is 19.9 Å². The monoisotopic (exact) mass is 248 g/mol. The van der Waals surface area contributed by atoms with Crippen LogP contribution in [-0.2, 0) is 6.54 Å². The Morgan fingerprint density at radius 1 is 1.11 bits per heavy atom. The molecule has 0 N–H and O–H groups in total. The van der Waals surface area contributed by atoms with Crippen LogP contribution < -0.4 is 11.1 Å². The molecule has 0 spiro atoms. The van der Waals surface area contributed by atoms with Crippen LogP contribution >= 0.6 is 0 Å². The molecule has 2 rings (SSSR count). The lowest BCUT2D eigenvalue weighted by Crippen LogP contribution is -2.40. The lowest BCUT2D eigenvalue weighted by atomic mass is 10.3. The fraction of sp³-hybridized carbons (Fsp3) is 0.231. The molecular formula is C13H13FN2O2. The van der Waals surface area contributed by atoms with Gasteiger partial charge in [0, 0.05) is 18.9 Å². The van der Waals surface area contributed by atoms with Crippen LogP contribution in [0.15, 0.2) is 46.2 Å². The molecule has 0 radical (unpaired) electrons. The summed E-state index contributed by atoms with van der Waals surface area (Å²) in [6.45, 7) is 2.39. The first kappa shape index (κ1) is 12.3. The summed E-state index contributed by atoms with van der Waals surface area (Å²) in [4.78, 5) is 23.7. The molecule has 5 heteroatoms. The SMILES string of the molecule is CCCn1ccn(-c2ccccc2F)c(=O)c1=O. The highest BCUT2D eigenvalue weighted by molar-refractivity contribution is 5.33. The number of nitrogens with zero attached hydrogens (tertiary/aromatic N) is 2. The van der Waals surface area contributed by atoms with Gasteiger partial charge in [-0.3, -0.25) is 14.2 Å². The Hall–Kier alpha value is -2.17. The Morgan fingerprint density at radius 2 is 1.83 bits per heavy atom. The van der Waals surface area contributed by atoms with E-state index in [0.717, 1.165) is 11.0 Å². The van der Waals surface area contributed by atoms with E-state index >= 15 is 0 Å². The van der Waals surface area contributed by atoms with E-state index in [4.69, 9.17) is 0 Å². The number of aromatic nitrogens is 2. The highest BCUT2D eigenvalue weighted by atomic mass is 19.1. The van der Waals surface area contributed by atoms with Gasteiger partial charge in [0.15, 0.2) is 0 Å². The Morgan fingerprint density at radius 3 is 2.50 bits per heavy atom. The maximum absolute atomic E-state index is 13.6. The predicted molar refractivity (Wildman–Crippen MR) is 66.5 cm³/mol. The normalized spacial score (nSPS) is 10.6. The number of hydrogen-bond acceptors (Lipinski definition) is 2. The van der Waals surface area contributed by atoms with Crippen LogP contribution in [0.4, 0.5) is 4.39 Å². The largest absolute Gasteiger partial charge is 0.321 e. The molecule has 0 unspecified atom stereocenters. The summed E-state index contributed by atoms with van der Waals surface area (Å²) in [6.07, 6.45) is 3.67. The van der Waals surface area contributed by atoms with E-state index in [9.17, 15) is 14.0 Å². The van der Waals surface area contributed by atoms with E-state index in [1.54, 1.807) is 6.07 Å². The average molecular weight is 248 g/mol. The van der Waals surface area contributed by atoms with Gasteiger partial charge in [0.05, 0.1) is 5.69 Å². The molecule has 0 aliphatic rings. The third-order valence-corrected chi connectivity index (χ3v) is 2.63. The van der Waals surface area contributed by atoms with Gasteiger partial charge in [0.2, 0.25) is 0 Å². The van der Waals surface area contributed by atoms with Crippen molar-refractivity contribution in [1.82, 2.24) is 9.13 Å². The van der Waals surface area contributed by atoms with Gasteiger partial charge in [0.25, 0.3) is 0 Å². The minimum atomic E-state index is -0.740. The van der Waals surface area contributed by atoms with Crippen LogP contribution in [0.1, 0.15) is 13.3 Å². The number of hydrogen-bond donors (Lipinski definition) is 0. The van der Waals surface area contributed by atoms with Crippen LogP contribution in [0.5, 0.6) is 0 Å². The fourth-order valence-electron chi connectivity index (χ4n) is 1.76. The van der Waals surface area contributed by atoms with Gasteiger partial charge in [-0.2, -0.15) is 0 Å². The summed E-state index contributed by atoms with van der Waals surface area (Å²) in [6, 6.07) is 5.85. The van der Waals surface area contributed by atoms with Crippen molar-refractivity contribution in [2.24, 2.45) is 0 Å². The van der Waals surface area contributed by atoms with E-state index in [1.165, 1.54) is 35.2 Å². The maximum atomic E-state index is 13.6. The zero-order chi connectivity index (χ0) is 13.1. The van der Waals surface area contributed by atoms with E-state index < -0.39 is 16.9 Å². The van der Waals surface area contributed by atoms with E-state index in [2.05, 4.69) is 0 Å². The summed E-state index contributed by atoms with van der Waals surface area (Å²) in [7, 11) is 0. The molecule has 1 aromatic heterocycles. The second kappa shape index (κ2) is 5.00.